The van der Waals surface area contributed by atoms with Crippen molar-refractivity contribution >= 4 is 6.34 Å². The molecule has 0 spiro atoms. The minimum atomic E-state index is 0.748. The lowest BCUT2D eigenvalue weighted by Gasteiger charge is -1.89. The van der Waals surface area contributed by atoms with Gasteiger partial charge in [0.05, 0.1) is 0 Å². The van der Waals surface area contributed by atoms with Crippen LogP contribution in [0.4, 0.5) is 0 Å². The van der Waals surface area contributed by atoms with E-state index in [1.807, 2.05) is 19.1 Å². The third kappa shape index (κ3) is 1.31. The smallest absolute Gasteiger partial charge is 0.134 e. The lowest BCUT2D eigenvalue weighted by Crippen LogP contribution is -2.09. The molecule has 0 fully saturated rings. The Morgan fingerprint density at radius 1 is 1.70 bits per heavy atom. The van der Waals surface area contributed by atoms with E-state index in [1.165, 1.54) is 0 Å². The summed E-state index contributed by atoms with van der Waals surface area (Å²) in [5.41, 5.74) is 1.79. The van der Waals surface area contributed by atoms with Gasteiger partial charge >= 0.3 is 0 Å². The Morgan fingerprint density at radius 2 is 2.50 bits per heavy atom. The molecule has 0 atom stereocenters. The number of H-pyrrole nitrogens is 1. The van der Waals surface area contributed by atoms with Crippen LogP contribution in [0.25, 0.3) is 0 Å². The first-order valence-electron chi connectivity index (χ1n) is 3.01. The molecule has 0 aliphatic heterocycles. The highest BCUT2D eigenvalue weighted by Crippen LogP contribution is 1.82. The molecular formula is C7H9N3. The molecule has 0 saturated carbocycles. The highest BCUT2D eigenvalue weighted by molar-refractivity contribution is 5.50. The number of nitrogens with one attached hydrogen (secondary N) is 2. The van der Waals surface area contributed by atoms with Gasteiger partial charge in [0.1, 0.15) is 11.8 Å². The van der Waals surface area contributed by atoms with Gasteiger partial charge in [-0.05, 0) is 18.6 Å². The minimum Gasteiger partial charge on any atom is -0.346 e. The van der Waals surface area contributed by atoms with Gasteiger partial charge in [0, 0.05) is 6.20 Å². The van der Waals surface area contributed by atoms with Crippen molar-refractivity contribution in [1.29, 1.82) is 5.41 Å². The maximum atomic E-state index is 6.73. The normalized spacial score (nSPS) is 11.5. The van der Waals surface area contributed by atoms with E-state index < -0.39 is 0 Å². The maximum Gasteiger partial charge on any atom is 0.134 e. The SMILES string of the molecule is Cc1ccc[nH]/c1=N\C=N. The summed E-state index contributed by atoms with van der Waals surface area (Å²) >= 11 is 0. The predicted molar refractivity (Wildman–Crippen MR) is 39.9 cm³/mol. The standard InChI is InChI=1S/C7H9N3/c1-6-3-2-4-9-7(6)10-5-8/h2-5H,1H3,(H2,8,9,10). The Hall–Kier alpha value is -1.38. The van der Waals surface area contributed by atoms with Gasteiger partial charge in [-0.2, -0.15) is 0 Å². The lowest BCUT2D eigenvalue weighted by atomic mass is 10.3. The van der Waals surface area contributed by atoms with Crippen LogP contribution in [0.15, 0.2) is 23.3 Å². The molecule has 3 heteroatoms. The first-order valence-corrected chi connectivity index (χ1v) is 3.01. The fourth-order valence-corrected chi connectivity index (χ4v) is 0.716. The maximum absolute atomic E-state index is 6.73. The van der Waals surface area contributed by atoms with Gasteiger partial charge in [0.2, 0.25) is 0 Å². The summed E-state index contributed by atoms with van der Waals surface area (Å²) in [4.78, 5) is 6.71. The van der Waals surface area contributed by atoms with Gasteiger partial charge in [-0.3, -0.25) is 5.41 Å². The summed E-state index contributed by atoms with van der Waals surface area (Å²) in [7, 11) is 0. The van der Waals surface area contributed by atoms with Crippen molar-refractivity contribution < 1.29 is 0 Å². The van der Waals surface area contributed by atoms with Crippen LogP contribution >= 0.6 is 0 Å². The molecule has 10 heavy (non-hydrogen) atoms. The Kier molecular flexibility index (Phi) is 1.99. The fraction of sp³-hybridized carbons (Fsp3) is 0.143. The second-order valence-corrected chi connectivity index (χ2v) is 1.96. The van der Waals surface area contributed by atoms with E-state index in [1.54, 1.807) is 6.20 Å². The number of aromatic nitrogens is 1. The monoisotopic (exact) mass is 135 g/mol. The Morgan fingerprint density at radius 3 is 3.10 bits per heavy atom. The number of aromatic amines is 1. The van der Waals surface area contributed by atoms with Crippen molar-refractivity contribution in [3.05, 3.63) is 29.4 Å². The molecule has 1 rings (SSSR count). The Labute approximate surface area is 59.0 Å². The molecule has 3 nitrogen and oxygen atoms in total. The summed E-state index contributed by atoms with van der Waals surface area (Å²) in [5.74, 6) is 0. The minimum absolute atomic E-state index is 0.748. The Balaban J connectivity index is 3.28. The molecule has 1 aromatic heterocycles. The quantitative estimate of drug-likeness (QED) is 0.423. The van der Waals surface area contributed by atoms with E-state index in [9.17, 15) is 0 Å². The van der Waals surface area contributed by atoms with Crippen molar-refractivity contribution in [2.45, 2.75) is 6.92 Å². The topological polar surface area (TPSA) is 52.0 Å². The van der Waals surface area contributed by atoms with Crippen LogP contribution in [0.1, 0.15) is 5.56 Å². The van der Waals surface area contributed by atoms with E-state index in [-0.39, 0.29) is 0 Å². The molecule has 52 valence electrons. The van der Waals surface area contributed by atoms with Crippen LogP contribution in [-0.4, -0.2) is 11.3 Å². The van der Waals surface area contributed by atoms with Gasteiger partial charge in [0.15, 0.2) is 0 Å². The molecule has 0 saturated heterocycles. The molecule has 0 unspecified atom stereocenters. The average Bonchev–Trinajstić information content (AvgIpc) is 1.94. The number of nitrogens with zero attached hydrogens (tertiary/aromatic N) is 1. The van der Waals surface area contributed by atoms with Crippen LogP contribution in [0.5, 0.6) is 0 Å². The summed E-state index contributed by atoms with van der Waals surface area (Å²) in [5, 5.41) is 6.73. The van der Waals surface area contributed by atoms with Crippen molar-refractivity contribution in [1.82, 2.24) is 4.98 Å². The van der Waals surface area contributed by atoms with E-state index in [4.69, 9.17) is 5.41 Å². The number of pyridine rings is 1. The van der Waals surface area contributed by atoms with Crippen molar-refractivity contribution in [2.75, 3.05) is 0 Å². The van der Waals surface area contributed by atoms with Gasteiger partial charge in [-0.25, -0.2) is 4.99 Å². The summed E-state index contributed by atoms with van der Waals surface area (Å²) in [6.45, 7) is 1.94. The predicted octanol–water partition coefficient (Wildman–Crippen LogP) is 0.831. The van der Waals surface area contributed by atoms with Crippen molar-refractivity contribution in [2.24, 2.45) is 4.99 Å². The number of hydrogen-bond donors (Lipinski definition) is 2. The number of rotatable bonds is 1. The van der Waals surface area contributed by atoms with Gasteiger partial charge < -0.3 is 4.98 Å². The molecule has 1 aromatic rings. The van der Waals surface area contributed by atoms with Crippen LogP contribution < -0.4 is 5.49 Å². The third-order valence-corrected chi connectivity index (χ3v) is 1.23. The van der Waals surface area contributed by atoms with Gasteiger partial charge in [-0.15, -0.1) is 0 Å². The molecule has 2 N–H and O–H groups in total. The van der Waals surface area contributed by atoms with Crippen molar-refractivity contribution in [3.63, 3.8) is 0 Å². The fourth-order valence-electron chi connectivity index (χ4n) is 0.716. The zero-order valence-corrected chi connectivity index (χ0v) is 5.76. The van der Waals surface area contributed by atoms with E-state index in [0.29, 0.717) is 0 Å². The van der Waals surface area contributed by atoms with E-state index in [2.05, 4.69) is 9.98 Å². The summed E-state index contributed by atoms with van der Waals surface area (Å²) < 4.78 is 0. The molecule has 0 radical (unpaired) electrons. The molecule has 1 heterocycles. The Bertz CT molecular complexity index is 285. The summed E-state index contributed by atoms with van der Waals surface area (Å²) in [6.07, 6.45) is 2.81. The zero-order valence-electron chi connectivity index (χ0n) is 5.76. The van der Waals surface area contributed by atoms with Gasteiger partial charge in [-0.1, -0.05) is 6.07 Å². The summed E-state index contributed by atoms with van der Waals surface area (Å²) in [6, 6.07) is 3.84. The molecule has 0 aliphatic rings. The van der Waals surface area contributed by atoms with Crippen LogP contribution in [0, 0.1) is 12.3 Å². The second kappa shape index (κ2) is 2.96. The van der Waals surface area contributed by atoms with Crippen LogP contribution in [0.3, 0.4) is 0 Å². The van der Waals surface area contributed by atoms with E-state index in [0.717, 1.165) is 17.4 Å². The molecule has 0 aromatic carbocycles. The van der Waals surface area contributed by atoms with Gasteiger partial charge in [0.25, 0.3) is 0 Å². The molecule has 0 amide bonds. The third-order valence-electron chi connectivity index (χ3n) is 1.23. The largest absolute Gasteiger partial charge is 0.346 e. The number of hydrogen-bond acceptors (Lipinski definition) is 1. The zero-order chi connectivity index (χ0) is 7.40. The molecule has 0 aliphatic carbocycles. The first-order chi connectivity index (χ1) is 4.84. The van der Waals surface area contributed by atoms with Crippen molar-refractivity contribution in [3.8, 4) is 0 Å². The highest BCUT2D eigenvalue weighted by atomic mass is 14.8. The van der Waals surface area contributed by atoms with E-state index >= 15 is 0 Å². The molecular weight excluding hydrogens is 126 g/mol. The second-order valence-electron chi connectivity index (χ2n) is 1.96. The number of aryl methyl sites for hydroxylation is 1. The average molecular weight is 135 g/mol. The molecule has 0 bridgehead atoms. The van der Waals surface area contributed by atoms with Crippen LogP contribution in [0.2, 0.25) is 0 Å². The first kappa shape index (κ1) is 6.74. The van der Waals surface area contributed by atoms with Crippen LogP contribution in [-0.2, 0) is 0 Å². The highest BCUT2D eigenvalue weighted by Gasteiger charge is 1.83. The lowest BCUT2D eigenvalue weighted by molar-refractivity contribution is 1.12.